The Kier molecular flexibility index (Phi) is 4.50. The Labute approximate surface area is 85.9 Å². The average molecular weight is 206 g/mol. The number of aliphatic hydroxyl groups is 1. The first kappa shape index (κ1) is 11.3. The van der Waals surface area contributed by atoms with E-state index in [1.54, 1.807) is 0 Å². The topological polar surface area (TPSA) is 23.5 Å². The maximum atomic E-state index is 9.47. The zero-order valence-corrected chi connectivity index (χ0v) is 9.30. The average Bonchev–Trinajstić information content (AvgIpc) is 2.11. The zero-order valence-electron chi connectivity index (χ0n) is 8.54. The Morgan fingerprint density at radius 1 is 1.38 bits per heavy atom. The van der Waals surface area contributed by atoms with Gasteiger partial charge in [0.25, 0.3) is 0 Å². The number of likely N-dealkylation sites (tertiary alicyclic amines) is 1. The number of alkyl halides is 1. The van der Waals surface area contributed by atoms with Crippen molar-refractivity contribution in [1.29, 1.82) is 0 Å². The van der Waals surface area contributed by atoms with Crippen LogP contribution in [0.3, 0.4) is 0 Å². The molecule has 0 spiro atoms. The van der Waals surface area contributed by atoms with Gasteiger partial charge < -0.3 is 5.11 Å². The van der Waals surface area contributed by atoms with Gasteiger partial charge >= 0.3 is 0 Å². The summed E-state index contributed by atoms with van der Waals surface area (Å²) >= 11 is 5.59. The number of nitrogens with zero attached hydrogens (tertiary/aromatic N) is 1. The highest BCUT2D eigenvalue weighted by atomic mass is 35.5. The quantitative estimate of drug-likeness (QED) is 0.711. The first-order valence-corrected chi connectivity index (χ1v) is 5.68. The molecule has 1 heterocycles. The van der Waals surface area contributed by atoms with Crippen molar-refractivity contribution < 1.29 is 5.11 Å². The van der Waals surface area contributed by atoms with E-state index in [4.69, 9.17) is 11.6 Å². The number of hydrogen-bond acceptors (Lipinski definition) is 2. The number of hydrogen-bond donors (Lipinski definition) is 1. The van der Waals surface area contributed by atoms with Gasteiger partial charge in [-0.2, -0.15) is 0 Å². The zero-order chi connectivity index (χ0) is 9.84. The molecule has 0 saturated carbocycles. The molecule has 0 radical (unpaired) electrons. The number of β-amino-alcohol motifs (C(OH)–C–C–N with tert-alkyl or cyclic N) is 1. The largest absolute Gasteiger partial charge is 0.391 e. The molecule has 78 valence electrons. The lowest BCUT2D eigenvalue weighted by molar-refractivity contribution is 0.0502. The van der Waals surface area contributed by atoms with Crippen molar-refractivity contribution >= 4 is 11.6 Å². The third kappa shape index (κ3) is 3.12. The molecule has 0 bridgehead atoms. The van der Waals surface area contributed by atoms with E-state index < -0.39 is 0 Å². The van der Waals surface area contributed by atoms with E-state index in [9.17, 15) is 5.11 Å². The molecule has 0 amide bonds. The van der Waals surface area contributed by atoms with Crippen molar-refractivity contribution in [2.45, 2.75) is 51.3 Å². The lowest BCUT2D eigenvalue weighted by Crippen LogP contribution is -2.47. The second-order valence-corrected chi connectivity index (χ2v) is 4.44. The molecule has 1 fully saturated rings. The Morgan fingerprint density at radius 3 is 2.38 bits per heavy atom. The van der Waals surface area contributed by atoms with Crippen LogP contribution in [0.2, 0.25) is 0 Å². The van der Waals surface area contributed by atoms with Crippen molar-refractivity contribution in [3.05, 3.63) is 0 Å². The van der Waals surface area contributed by atoms with Gasteiger partial charge in [0, 0.05) is 24.5 Å². The molecule has 0 aromatic rings. The van der Waals surface area contributed by atoms with Crippen LogP contribution in [-0.4, -0.2) is 40.6 Å². The van der Waals surface area contributed by atoms with E-state index in [1.165, 1.54) is 19.3 Å². The summed E-state index contributed by atoms with van der Waals surface area (Å²) in [6, 6.07) is 1.20. The second-order valence-electron chi connectivity index (χ2n) is 4.13. The molecule has 2 nitrogen and oxygen atoms in total. The number of piperidine rings is 1. The van der Waals surface area contributed by atoms with Crippen LogP contribution in [-0.2, 0) is 0 Å². The molecule has 1 aliphatic heterocycles. The van der Waals surface area contributed by atoms with Crippen LogP contribution < -0.4 is 0 Å². The minimum Gasteiger partial charge on any atom is -0.391 e. The molecule has 0 aromatic carbocycles. The SMILES string of the molecule is C[C@@H]1CCC[C@H](C)N1CC(O)CCl. The van der Waals surface area contributed by atoms with Gasteiger partial charge in [-0.05, 0) is 26.7 Å². The number of aliphatic hydroxyl groups excluding tert-OH is 1. The van der Waals surface area contributed by atoms with Gasteiger partial charge in [0.15, 0.2) is 0 Å². The van der Waals surface area contributed by atoms with Crippen LogP contribution in [0.5, 0.6) is 0 Å². The third-order valence-electron chi connectivity index (χ3n) is 2.98. The summed E-state index contributed by atoms with van der Waals surface area (Å²) in [7, 11) is 0. The van der Waals surface area contributed by atoms with Crippen molar-refractivity contribution in [2.75, 3.05) is 12.4 Å². The lowest BCUT2D eigenvalue weighted by atomic mass is 9.97. The Morgan fingerprint density at radius 2 is 1.92 bits per heavy atom. The van der Waals surface area contributed by atoms with Crippen molar-refractivity contribution in [2.24, 2.45) is 0 Å². The van der Waals surface area contributed by atoms with Crippen LogP contribution in [0, 0.1) is 0 Å². The van der Waals surface area contributed by atoms with Crippen LogP contribution in [0.1, 0.15) is 33.1 Å². The summed E-state index contributed by atoms with van der Waals surface area (Å²) in [5.41, 5.74) is 0. The van der Waals surface area contributed by atoms with E-state index >= 15 is 0 Å². The molecule has 0 aromatic heterocycles. The molecule has 1 N–H and O–H groups in total. The summed E-state index contributed by atoms with van der Waals surface area (Å²) in [6.07, 6.45) is 3.44. The molecule has 0 aliphatic carbocycles. The predicted octanol–water partition coefficient (Wildman–Crippen LogP) is 1.85. The van der Waals surface area contributed by atoms with Crippen molar-refractivity contribution in [3.63, 3.8) is 0 Å². The first-order chi connectivity index (χ1) is 6.15. The van der Waals surface area contributed by atoms with E-state index in [-0.39, 0.29) is 6.10 Å². The Hall–Kier alpha value is 0.210. The predicted molar refractivity (Wildman–Crippen MR) is 56.2 cm³/mol. The summed E-state index contributed by atoms with van der Waals surface area (Å²) < 4.78 is 0. The van der Waals surface area contributed by atoms with Crippen molar-refractivity contribution in [1.82, 2.24) is 4.90 Å². The van der Waals surface area contributed by atoms with E-state index in [1.807, 2.05) is 0 Å². The highest BCUT2D eigenvalue weighted by Gasteiger charge is 2.25. The van der Waals surface area contributed by atoms with Crippen LogP contribution in [0.25, 0.3) is 0 Å². The lowest BCUT2D eigenvalue weighted by Gasteiger charge is -2.39. The first-order valence-electron chi connectivity index (χ1n) is 5.15. The van der Waals surface area contributed by atoms with Gasteiger partial charge in [-0.1, -0.05) is 6.42 Å². The molecule has 3 heteroatoms. The van der Waals surface area contributed by atoms with E-state index in [0.717, 1.165) is 6.54 Å². The summed E-state index contributed by atoms with van der Waals surface area (Å²) in [4.78, 5) is 2.37. The van der Waals surface area contributed by atoms with Gasteiger partial charge in [0.2, 0.25) is 0 Å². The third-order valence-corrected chi connectivity index (χ3v) is 3.33. The van der Waals surface area contributed by atoms with E-state index in [0.29, 0.717) is 18.0 Å². The Balaban J connectivity index is 2.43. The van der Waals surface area contributed by atoms with Gasteiger partial charge in [0.05, 0.1) is 6.10 Å². The maximum Gasteiger partial charge on any atom is 0.0802 e. The number of rotatable bonds is 3. The van der Waals surface area contributed by atoms with Gasteiger partial charge in [-0.25, -0.2) is 0 Å². The fourth-order valence-corrected chi connectivity index (χ4v) is 2.22. The van der Waals surface area contributed by atoms with Gasteiger partial charge in [0.1, 0.15) is 0 Å². The highest BCUT2D eigenvalue weighted by Crippen LogP contribution is 2.22. The molecule has 13 heavy (non-hydrogen) atoms. The molecule has 1 aliphatic rings. The number of halogens is 1. The molecule has 3 atom stereocenters. The maximum absolute atomic E-state index is 9.47. The Bertz CT molecular complexity index is 144. The minimum atomic E-state index is -0.371. The molecular weight excluding hydrogens is 186 g/mol. The fourth-order valence-electron chi connectivity index (χ4n) is 2.13. The molecule has 1 rings (SSSR count). The van der Waals surface area contributed by atoms with Crippen LogP contribution in [0.15, 0.2) is 0 Å². The highest BCUT2D eigenvalue weighted by molar-refractivity contribution is 6.18. The van der Waals surface area contributed by atoms with Gasteiger partial charge in [-0.15, -0.1) is 11.6 Å². The van der Waals surface area contributed by atoms with Gasteiger partial charge in [-0.3, -0.25) is 4.90 Å². The molecule has 1 saturated heterocycles. The normalized spacial score (nSPS) is 33.2. The minimum absolute atomic E-state index is 0.343. The van der Waals surface area contributed by atoms with Crippen LogP contribution in [0.4, 0.5) is 0 Å². The van der Waals surface area contributed by atoms with Crippen molar-refractivity contribution in [3.8, 4) is 0 Å². The smallest absolute Gasteiger partial charge is 0.0802 e. The molecule has 1 unspecified atom stereocenters. The van der Waals surface area contributed by atoms with Crippen LogP contribution >= 0.6 is 11.6 Å². The summed E-state index contributed by atoms with van der Waals surface area (Å²) in [5.74, 6) is 0.343. The summed E-state index contributed by atoms with van der Waals surface area (Å²) in [6.45, 7) is 5.19. The van der Waals surface area contributed by atoms with E-state index in [2.05, 4.69) is 18.7 Å². The standard InChI is InChI=1S/C10H20ClNO/c1-8-4-3-5-9(2)12(8)7-10(13)6-11/h8-10,13H,3-7H2,1-2H3/t8-,9+,10?. The monoisotopic (exact) mass is 205 g/mol. The fraction of sp³-hybridized carbons (Fsp3) is 1.00. The summed E-state index contributed by atoms with van der Waals surface area (Å²) in [5, 5.41) is 9.47. The second kappa shape index (κ2) is 5.18. The molecular formula is C10H20ClNO.